The van der Waals surface area contributed by atoms with Crippen LogP contribution in [-0.2, 0) is 0 Å². The van der Waals surface area contributed by atoms with Crippen molar-refractivity contribution in [3.8, 4) is 0 Å². The number of hydrogen-bond acceptors (Lipinski definition) is 5. The Hall–Kier alpha value is -4.65. The van der Waals surface area contributed by atoms with E-state index in [2.05, 4.69) is 9.97 Å². The van der Waals surface area contributed by atoms with E-state index in [-0.39, 0.29) is 22.5 Å². The van der Waals surface area contributed by atoms with Gasteiger partial charge in [0.25, 0.3) is 11.8 Å². The largest absolute Gasteiger partial charge is 0.346 e. The second-order valence-electron chi connectivity index (χ2n) is 6.82. The summed E-state index contributed by atoms with van der Waals surface area (Å²) in [5, 5.41) is 0. The molecule has 0 unspecified atom stereocenters. The van der Waals surface area contributed by atoms with Crippen LogP contribution < -0.4 is 10.6 Å². The van der Waals surface area contributed by atoms with Gasteiger partial charge in [0, 0.05) is 22.9 Å². The molecule has 0 spiro atoms. The number of benzene rings is 3. The van der Waals surface area contributed by atoms with Crippen molar-refractivity contribution in [1.29, 1.82) is 0 Å². The summed E-state index contributed by atoms with van der Waals surface area (Å²) in [6, 6.07) is 24.6. The predicted molar refractivity (Wildman–Crippen MR) is 119 cm³/mol. The fourth-order valence-corrected chi connectivity index (χ4v) is 3.19. The summed E-state index contributed by atoms with van der Waals surface area (Å²) in [7, 11) is 0. The highest BCUT2D eigenvalue weighted by molar-refractivity contribution is 6.27. The quantitative estimate of drug-likeness (QED) is 0.391. The molecule has 0 saturated heterocycles. The van der Waals surface area contributed by atoms with E-state index < -0.39 is 23.3 Å². The number of rotatable bonds is 5. The Balaban J connectivity index is 1.91. The highest BCUT2D eigenvalue weighted by Crippen LogP contribution is 2.23. The van der Waals surface area contributed by atoms with E-state index in [1.54, 1.807) is 91.0 Å². The number of anilines is 1. The topological polar surface area (TPSA) is 100 Å². The van der Waals surface area contributed by atoms with Crippen LogP contribution in [0.15, 0.2) is 102 Å². The molecule has 156 valence electrons. The van der Waals surface area contributed by atoms with Crippen molar-refractivity contribution in [2.75, 3.05) is 4.90 Å². The summed E-state index contributed by atoms with van der Waals surface area (Å²) < 4.78 is 0. The Morgan fingerprint density at radius 1 is 0.656 bits per heavy atom. The Morgan fingerprint density at radius 3 is 1.56 bits per heavy atom. The van der Waals surface area contributed by atoms with Crippen LogP contribution in [0.25, 0.3) is 0 Å². The van der Waals surface area contributed by atoms with Crippen molar-refractivity contribution < 1.29 is 14.4 Å². The summed E-state index contributed by atoms with van der Waals surface area (Å²) in [6.45, 7) is 0. The van der Waals surface area contributed by atoms with Crippen molar-refractivity contribution in [3.63, 3.8) is 0 Å². The first kappa shape index (κ1) is 20.6. The van der Waals surface area contributed by atoms with Crippen LogP contribution in [0.5, 0.6) is 0 Å². The van der Waals surface area contributed by atoms with Gasteiger partial charge >= 0.3 is 5.69 Å². The van der Waals surface area contributed by atoms with Crippen LogP contribution in [0.2, 0.25) is 0 Å². The van der Waals surface area contributed by atoms with Gasteiger partial charge in [-0.3, -0.25) is 19.4 Å². The van der Waals surface area contributed by atoms with E-state index in [0.717, 1.165) is 11.1 Å². The monoisotopic (exact) mass is 423 g/mol. The average molecular weight is 423 g/mol. The zero-order valence-electron chi connectivity index (χ0n) is 16.8. The molecule has 0 radical (unpaired) electrons. The van der Waals surface area contributed by atoms with Crippen LogP contribution in [0.4, 0.5) is 5.82 Å². The molecule has 0 bridgehead atoms. The predicted octanol–water partition coefficient (Wildman–Crippen LogP) is 3.49. The molecule has 1 aromatic heterocycles. The van der Waals surface area contributed by atoms with Crippen molar-refractivity contribution >= 4 is 23.4 Å². The summed E-state index contributed by atoms with van der Waals surface area (Å²) in [5.41, 5.74) is -0.123. The molecule has 3 aromatic carbocycles. The van der Waals surface area contributed by atoms with Crippen LogP contribution in [-0.4, -0.2) is 27.6 Å². The van der Waals surface area contributed by atoms with Crippen LogP contribution in [0.3, 0.4) is 0 Å². The minimum absolute atomic E-state index is 0.0793. The molecule has 1 N–H and O–H groups in total. The number of aromatic nitrogens is 2. The molecular formula is C25H17N3O4. The number of nitrogens with one attached hydrogen (secondary N) is 1. The zero-order valence-corrected chi connectivity index (χ0v) is 16.8. The van der Waals surface area contributed by atoms with Crippen molar-refractivity contribution in [2.45, 2.75) is 0 Å². The number of carbonyl (C=O) groups is 3. The second-order valence-corrected chi connectivity index (χ2v) is 6.82. The molecule has 7 heteroatoms. The van der Waals surface area contributed by atoms with Crippen LogP contribution >= 0.6 is 0 Å². The fourth-order valence-electron chi connectivity index (χ4n) is 3.19. The van der Waals surface area contributed by atoms with E-state index in [9.17, 15) is 19.2 Å². The van der Waals surface area contributed by atoms with Gasteiger partial charge in [-0.25, -0.2) is 14.7 Å². The normalized spacial score (nSPS) is 10.4. The van der Waals surface area contributed by atoms with Crippen LogP contribution in [0.1, 0.15) is 36.6 Å². The molecule has 0 fully saturated rings. The van der Waals surface area contributed by atoms with E-state index in [4.69, 9.17) is 0 Å². The highest BCUT2D eigenvalue weighted by Gasteiger charge is 2.31. The first-order valence-electron chi connectivity index (χ1n) is 9.74. The minimum atomic E-state index is -0.795. The Morgan fingerprint density at radius 2 is 1.09 bits per heavy atom. The Kier molecular flexibility index (Phi) is 5.81. The first-order valence-corrected chi connectivity index (χ1v) is 9.74. The maximum absolute atomic E-state index is 13.4. The van der Waals surface area contributed by atoms with Crippen molar-refractivity contribution in [3.05, 3.63) is 130 Å². The smallest absolute Gasteiger partial charge is 0.291 e. The number of nitrogens with zero attached hydrogens (tertiary/aromatic N) is 2. The number of hydrogen-bond donors (Lipinski definition) is 1. The summed E-state index contributed by atoms with van der Waals surface area (Å²) >= 11 is 0. The van der Waals surface area contributed by atoms with Gasteiger partial charge in [0.05, 0.1) is 5.56 Å². The molecule has 0 saturated carbocycles. The second kappa shape index (κ2) is 9.01. The fraction of sp³-hybridized carbons (Fsp3) is 0. The summed E-state index contributed by atoms with van der Waals surface area (Å²) in [4.78, 5) is 59.0. The third-order valence-corrected chi connectivity index (χ3v) is 4.74. The lowest BCUT2D eigenvalue weighted by molar-refractivity contribution is 0.0896. The highest BCUT2D eigenvalue weighted by atomic mass is 16.2. The average Bonchev–Trinajstić information content (AvgIpc) is 2.85. The van der Waals surface area contributed by atoms with E-state index in [0.29, 0.717) is 5.56 Å². The molecule has 0 atom stereocenters. The molecule has 0 aliphatic heterocycles. The van der Waals surface area contributed by atoms with Gasteiger partial charge in [0.2, 0.25) is 0 Å². The van der Waals surface area contributed by atoms with Gasteiger partial charge in [-0.05, 0) is 24.3 Å². The molecule has 2 amide bonds. The van der Waals surface area contributed by atoms with Crippen molar-refractivity contribution in [1.82, 2.24) is 9.97 Å². The third kappa shape index (κ3) is 4.13. The van der Waals surface area contributed by atoms with Gasteiger partial charge in [-0.2, -0.15) is 0 Å². The van der Waals surface area contributed by atoms with E-state index in [1.165, 1.54) is 0 Å². The van der Waals surface area contributed by atoms with E-state index >= 15 is 0 Å². The maximum atomic E-state index is 13.4. The standard InChI is InChI=1S/C25H17N3O4/c29-21(17-10-4-1-5-11-17)20-16-26-25(32)27-22(20)28(23(30)18-12-6-2-7-13-18)24(31)19-14-8-3-9-15-19/h1-16H,(H,26,27,32). The molecule has 4 rings (SSSR count). The lowest BCUT2D eigenvalue weighted by Gasteiger charge is -2.22. The van der Waals surface area contributed by atoms with Gasteiger partial charge in [0.15, 0.2) is 5.78 Å². The van der Waals surface area contributed by atoms with Gasteiger partial charge in [-0.1, -0.05) is 66.7 Å². The number of aromatic amines is 1. The van der Waals surface area contributed by atoms with Gasteiger partial charge < -0.3 is 0 Å². The number of carbonyl (C=O) groups excluding carboxylic acids is 3. The van der Waals surface area contributed by atoms with E-state index in [1.807, 2.05) is 0 Å². The molecule has 4 aromatic rings. The third-order valence-electron chi connectivity index (χ3n) is 4.74. The summed E-state index contributed by atoms with van der Waals surface area (Å²) in [5.74, 6) is -2.11. The molecule has 32 heavy (non-hydrogen) atoms. The number of amides is 2. The maximum Gasteiger partial charge on any atom is 0.346 e. The van der Waals surface area contributed by atoms with Gasteiger partial charge in [-0.15, -0.1) is 0 Å². The molecule has 1 heterocycles. The molecule has 7 nitrogen and oxygen atoms in total. The lowest BCUT2D eigenvalue weighted by Crippen LogP contribution is -2.40. The Labute approximate surface area is 183 Å². The first-order chi connectivity index (χ1) is 15.6. The van der Waals surface area contributed by atoms with Crippen LogP contribution in [0, 0.1) is 0 Å². The van der Waals surface area contributed by atoms with Crippen molar-refractivity contribution in [2.24, 2.45) is 0 Å². The number of H-pyrrole nitrogens is 1. The molecular weight excluding hydrogens is 406 g/mol. The minimum Gasteiger partial charge on any atom is -0.291 e. The number of imide groups is 1. The molecule has 0 aliphatic rings. The molecule has 0 aliphatic carbocycles. The SMILES string of the molecule is O=C(c1ccccc1)c1cnc(=O)[nH]c1N(C(=O)c1ccccc1)C(=O)c1ccccc1. The Bertz CT molecular complexity index is 1280. The summed E-state index contributed by atoms with van der Waals surface area (Å²) in [6.07, 6.45) is 1.08. The lowest BCUT2D eigenvalue weighted by atomic mass is 10.0. The van der Waals surface area contributed by atoms with Gasteiger partial charge in [0.1, 0.15) is 5.82 Å². The zero-order chi connectivity index (χ0) is 22.5. The number of ketones is 1.